The van der Waals surface area contributed by atoms with Gasteiger partial charge in [0.25, 0.3) is 6.47 Å². The normalized spacial score (nSPS) is 31.8. The van der Waals surface area contributed by atoms with Crippen molar-refractivity contribution < 1.29 is 14.3 Å². The van der Waals surface area contributed by atoms with Crippen molar-refractivity contribution in [3.05, 3.63) is 12.7 Å². The maximum absolute atomic E-state index is 10.2. The molecule has 0 aliphatic carbocycles. The number of ether oxygens (including phenoxy) is 2. The molecule has 0 aromatic heterocycles. The molecule has 68 valence electrons. The first-order valence-electron chi connectivity index (χ1n) is 3.93. The van der Waals surface area contributed by atoms with Crippen LogP contribution in [0.2, 0.25) is 0 Å². The van der Waals surface area contributed by atoms with Gasteiger partial charge in [0.15, 0.2) is 0 Å². The largest absolute Gasteiger partial charge is 0.457 e. The SMILES string of the molecule is C=CC(C)(CC1(C)CO1)OC=O. The van der Waals surface area contributed by atoms with Gasteiger partial charge in [-0.2, -0.15) is 0 Å². The summed E-state index contributed by atoms with van der Waals surface area (Å²) in [5, 5.41) is 0. The van der Waals surface area contributed by atoms with Crippen LogP contribution in [0.15, 0.2) is 12.7 Å². The van der Waals surface area contributed by atoms with Crippen LogP contribution in [0, 0.1) is 0 Å². The maximum atomic E-state index is 10.2. The van der Waals surface area contributed by atoms with Gasteiger partial charge >= 0.3 is 0 Å². The second-order valence-electron chi connectivity index (χ2n) is 3.65. The fourth-order valence-electron chi connectivity index (χ4n) is 1.24. The molecule has 1 aliphatic heterocycles. The number of rotatable bonds is 5. The molecule has 2 unspecified atom stereocenters. The number of epoxide rings is 1. The Kier molecular flexibility index (Phi) is 2.24. The Hall–Kier alpha value is -0.830. The monoisotopic (exact) mass is 170 g/mol. The van der Waals surface area contributed by atoms with Crippen molar-refractivity contribution in [2.75, 3.05) is 6.61 Å². The first kappa shape index (κ1) is 9.26. The molecule has 2 atom stereocenters. The first-order valence-corrected chi connectivity index (χ1v) is 3.93. The van der Waals surface area contributed by atoms with E-state index in [9.17, 15) is 4.79 Å². The van der Waals surface area contributed by atoms with Crippen molar-refractivity contribution in [3.63, 3.8) is 0 Å². The number of carbonyl (C=O) groups is 1. The Balaban J connectivity index is 2.53. The highest BCUT2D eigenvalue weighted by atomic mass is 16.6. The van der Waals surface area contributed by atoms with E-state index in [0.717, 1.165) is 6.61 Å². The molecule has 0 N–H and O–H groups in total. The van der Waals surface area contributed by atoms with Crippen molar-refractivity contribution in [1.29, 1.82) is 0 Å². The molecule has 3 heteroatoms. The molecule has 1 fully saturated rings. The Labute approximate surface area is 72.4 Å². The van der Waals surface area contributed by atoms with Gasteiger partial charge in [0.2, 0.25) is 0 Å². The quantitative estimate of drug-likeness (QED) is 0.354. The average Bonchev–Trinajstić information content (AvgIpc) is 2.68. The van der Waals surface area contributed by atoms with Crippen LogP contribution in [-0.2, 0) is 14.3 Å². The van der Waals surface area contributed by atoms with Gasteiger partial charge in [-0.1, -0.05) is 6.58 Å². The molecule has 0 amide bonds. The molecule has 0 radical (unpaired) electrons. The van der Waals surface area contributed by atoms with Crippen LogP contribution in [0.25, 0.3) is 0 Å². The van der Waals surface area contributed by atoms with Gasteiger partial charge in [-0.25, -0.2) is 0 Å². The van der Waals surface area contributed by atoms with Crippen LogP contribution < -0.4 is 0 Å². The maximum Gasteiger partial charge on any atom is 0.293 e. The molecule has 0 aromatic rings. The van der Waals surface area contributed by atoms with E-state index in [1.807, 2.05) is 13.8 Å². The van der Waals surface area contributed by atoms with Gasteiger partial charge < -0.3 is 9.47 Å². The van der Waals surface area contributed by atoms with E-state index in [-0.39, 0.29) is 5.60 Å². The second kappa shape index (κ2) is 2.90. The molecule has 1 rings (SSSR count). The van der Waals surface area contributed by atoms with Gasteiger partial charge in [0, 0.05) is 6.42 Å². The van der Waals surface area contributed by atoms with E-state index >= 15 is 0 Å². The average molecular weight is 170 g/mol. The van der Waals surface area contributed by atoms with Gasteiger partial charge in [0.05, 0.1) is 12.2 Å². The van der Waals surface area contributed by atoms with Gasteiger partial charge in [-0.3, -0.25) is 4.79 Å². The summed E-state index contributed by atoms with van der Waals surface area (Å²) in [7, 11) is 0. The highest BCUT2D eigenvalue weighted by Crippen LogP contribution is 2.36. The Bertz CT molecular complexity index is 196. The molecule has 1 aliphatic rings. The number of hydrogen-bond acceptors (Lipinski definition) is 3. The van der Waals surface area contributed by atoms with E-state index in [1.165, 1.54) is 0 Å². The molecule has 12 heavy (non-hydrogen) atoms. The van der Waals surface area contributed by atoms with E-state index in [4.69, 9.17) is 9.47 Å². The second-order valence-corrected chi connectivity index (χ2v) is 3.65. The molecular weight excluding hydrogens is 156 g/mol. The van der Waals surface area contributed by atoms with Crippen LogP contribution in [0.5, 0.6) is 0 Å². The van der Waals surface area contributed by atoms with Crippen molar-refractivity contribution in [2.24, 2.45) is 0 Å². The van der Waals surface area contributed by atoms with E-state index in [0.29, 0.717) is 12.9 Å². The summed E-state index contributed by atoms with van der Waals surface area (Å²) in [6, 6.07) is 0. The minimum absolute atomic E-state index is 0.119. The molecular formula is C9H14O3. The standard InChI is InChI=1S/C9H14O3/c1-4-8(2,12-7-10)5-9(3)6-11-9/h4,7H,1,5-6H2,2-3H3. The summed E-state index contributed by atoms with van der Waals surface area (Å²) >= 11 is 0. The number of hydrogen-bond donors (Lipinski definition) is 0. The molecule has 1 saturated heterocycles. The molecule has 1 heterocycles. The summed E-state index contributed by atoms with van der Waals surface area (Å²) in [5.74, 6) is 0. The smallest absolute Gasteiger partial charge is 0.293 e. The van der Waals surface area contributed by atoms with Crippen molar-refractivity contribution in [3.8, 4) is 0 Å². The molecule has 3 nitrogen and oxygen atoms in total. The zero-order valence-corrected chi connectivity index (χ0v) is 7.50. The predicted molar refractivity (Wildman–Crippen MR) is 44.7 cm³/mol. The lowest BCUT2D eigenvalue weighted by atomic mass is 9.93. The predicted octanol–water partition coefficient (Wildman–Crippen LogP) is 1.28. The Morgan fingerprint density at radius 1 is 1.83 bits per heavy atom. The molecule has 0 bridgehead atoms. The summed E-state index contributed by atoms with van der Waals surface area (Å²) in [6.45, 7) is 8.62. The zero-order valence-electron chi connectivity index (χ0n) is 7.50. The number of carbonyl (C=O) groups excluding carboxylic acids is 1. The summed E-state index contributed by atoms with van der Waals surface area (Å²) < 4.78 is 10.1. The topological polar surface area (TPSA) is 38.8 Å². The lowest BCUT2D eigenvalue weighted by Gasteiger charge is -2.25. The molecule has 0 saturated carbocycles. The van der Waals surface area contributed by atoms with E-state index < -0.39 is 5.60 Å². The van der Waals surface area contributed by atoms with Crippen molar-refractivity contribution in [2.45, 2.75) is 31.5 Å². The minimum atomic E-state index is -0.590. The van der Waals surface area contributed by atoms with Crippen LogP contribution in [0.3, 0.4) is 0 Å². The highest BCUT2D eigenvalue weighted by Gasteiger charge is 2.45. The van der Waals surface area contributed by atoms with E-state index in [2.05, 4.69) is 6.58 Å². The van der Waals surface area contributed by atoms with Crippen LogP contribution >= 0.6 is 0 Å². The summed E-state index contributed by atoms with van der Waals surface area (Å²) in [5.41, 5.74) is -0.709. The van der Waals surface area contributed by atoms with Crippen LogP contribution in [0.1, 0.15) is 20.3 Å². The zero-order chi connectivity index (χ0) is 9.24. The molecule has 0 aromatic carbocycles. The third kappa shape index (κ3) is 2.08. The van der Waals surface area contributed by atoms with Gasteiger partial charge in [-0.15, -0.1) is 0 Å². The van der Waals surface area contributed by atoms with Crippen LogP contribution in [0.4, 0.5) is 0 Å². The highest BCUT2D eigenvalue weighted by molar-refractivity contribution is 5.39. The van der Waals surface area contributed by atoms with Gasteiger partial charge in [0.1, 0.15) is 5.60 Å². The summed E-state index contributed by atoms with van der Waals surface area (Å²) in [6.07, 6.45) is 2.30. The van der Waals surface area contributed by atoms with Crippen molar-refractivity contribution in [1.82, 2.24) is 0 Å². The third-order valence-electron chi connectivity index (χ3n) is 2.11. The van der Waals surface area contributed by atoms with Gasteiger partial charge in [-0.05, 0) is 19.9 Å². The Morgan fingerprint density at radius 2 is 2.42 bits per heavy atom. The van der Waals surface area contributed by atoms with E-state index in [1.54, 1.807) is 6.08 Å². The third-order valence-corrected chi connectivity index (χ3v) is 2.11. The summed E-state index contributed by atoms with van der Waals surface area (Å²) in [4.78, 5) is 10.2. The fourth-order valence-corrected chi connectivity index (χ4v) is 1.24. The Morgan fingerprint density at radius 3 is 2.75 bits per heavy atom. The lowest BCUT2D eigenvalue weighted by Crippen LogP contribution is -2.31. The minimum Gasteiger partial charge on any atom is -0.457 e. The first-order chi connectivity index (χ1) is 5.54. The lowest BCUT2D eigenvalue weighted by molar-refractivity contribution is -0.139. The van der Waals surface area contributed by atoms with Crippen molar-refractivity contribution >= 4 is 6.47 Å². The van der Waals surface area contributed by atoms with Crippen LogP contribution in [-0.4, -0.2) is 24.3 Å². The fraction of sp³-hybridized carbons (Fsp3) is 0.667. The molecule has 0 spiro atoms.